The molecule has 3 saturated heterocycles. The van der Waals surface area contributed by atoms with E-state index in [9.17, 15) is 30.0 Å². The van der Waals surface area contributed by atoms with Gasteiger partial charge in [0.15, 0.2) is 5.75 Å². The minimum atomic E-state index is -1.98. The van der Waals surface area contributed by atoms with Crippen LogP contribution in [-0.2, 0) is 23.7 Å². The molecule has 1 aliphatic carbocycles. The smallest absolute Gasteiger partial charge is 0.410 e. The van der Waals surface area contributed by atoms with Gasteiger partial charge in [0.2, 0.25) is 0 Å². The number of phenolic OH excluding ortho intramolecular Hbond substituents is 2. The number of nitrogens with zero attached hydrogens (tertiary/aromatic N) is 5. The van der Waals surface area contributed by atoms with Gasteiger partial charge in [-0.25, -0.2) is 9.79 Å². The van der Waals surface area contributed by atoms with Gasteiger partial charge in [-0.05, 0) is 57.4 Å². The summed E-state index contributed by atoms with van der Waals surface area (Å²) in [5.41, 5.74) is -0.200. The van der Waals surface area contributed by atoms with Crippen molar-refractivity contribution in [1.29, 1.82) is 0 Å². The zero-order chi connectivity index (χ0) is 53.9. The van der Waals surface area contributed by atoms with E-state index in [1.54, 1.807) is 56.9 Å². The van der Waals surface area contributed by atoms with Crippen molar-refractivity contribution in [2.45, 2.75) is 142 Å². The molecule has 2 spiro atoms. The first-order valence-electron chi connectivity index (χ1n) is 27.3. The predicted octanol–water partition coefficient (Wildman–Crippen LogP) is 5.90. The van der Waals surface area contributed by atoms with Crippen LogP contribution in [0.2, 0.25) is 0 Å². The van der Waals surface area contributed by atoms with E-state index in [-0.39, 0.29) is 55.2 Å². The van der Waals surface area contributed by atoms with E-state index < -0.39 is 83.1 Å². The molecular weight excluding hydrogens is 961 g/mol. The van der Waals surface area contributed by atoms with E-state index in [2.05, 4.69) is 34.0 Å². The molecule has 7 aliphatic heterocycles. The number of aliphatic hydroxyl groups excluding tert-OH is 2. The number of fused-ring (bicyclic) bond motifs is 13. The number of rotatable bonds is 6. The molecule has 2 aromatic rings. The molecule has 1 saturated carbocycles. The standard InChI is InChI=1S/C57H80N6O12/c1-31(2)28-61-21-19-57(20-22-61)59-43-40-41-48(66)37(8)51-42(40)52(68)55(9,75-51)73-27-16-39(71-10)34(5)50(74-54(70)62-23-24-63(56(30-62)17-18-56)29-38-14-25-72-26-15-38)36(7)47(65)35(6)46(64)32(3)12-11-13-33(4)53(69)58-45(49(41)67)44(43)60-57/h11-13,16,27,31-32,34-36,38-39,46-47,50,59,64-67H,14-15,17-26,28-30H2,1-10H3/b12-11+,27-16+,33-13-,58-45?/t32-,34+,35+,36+,39-,46-,47+,50+,55-/m0/s1. The number of benzene rings is 2. The largest absolute Gasteiger partial charge is 0.507 e. The summed E-state index contributed by atoms with van der Waals surface area (Å²) in [6.07, 6.45) is 8.66. The number of amides is 2. The number of hydrogen-bond donors (Lipinski definition) is 5. The lowest BCUT2D eigenvalue weighted by Crippen LogP contribution is -2.58. The highest BCUT2D eigenvalue weighted by molar-refractivity contribution is 6.21. The number of likely N-dealkylation sites (tertiary alicyclic amines) is 1. The zero-order valence-electron chi connectivity index (χ0n) is 45.6. The number of ether oxygens (including phenoxy) is 5. The number of nitrogens with one attached hydrogen (secondary N) is 1. The van der Waals surface area contributed by atoms with Crippen molar-refractivity contribution in [2.75, 3.05) is 71.5 Å². The molecule has 5 N–H and O–H groups in total. The van der Waals surface area contributed by atoms with Crippen molar-refractivity contribution in [2.24, 2.45) is 45.5 Å². The van der Waals surface area contributed by atoms with Crippen LogP contribution in [-0.4, -0.2) is 160 Å². The first kappa shape index (κ1) is 54.7. The van der Waals surface area contributed by atoms with Crippen molar-refractivity contribution in [3.63, 3.8) is 0 Å². The summed E-state index contributed by atoms with van der Waals surface area (Å²) >= 11 is 0. The SMILES string of the molecule is CO[C@H]1/C=C/O[C@@]2(C)Oc3c(C)c(O)c4c(O)c(c5c(c4c3C2=O)NC2(CCN(CC(C)C)CC2)N=5)=NC(=O)/C(C)=C\C=C\[C@H](C)[C@H](O)[C@@H](C)[C@@H](O)[C@@H](C)[C@H](OC(=O)N2CCN(CC3CCOCC3)C3(CC3)C2)[C@@H]1C. The fourth-order valence-electron chi connectivity index (χ4n) is 12.6. The lowest BCUT2D eigenvalue weighted by Gasteiger charge is -2.44. The third-order valence-corrected chi connectivity index (χ3v) is 17.6. The lowest BCUT2D eigenvalue weighted by molar-refractivity contribution is -0.114. The van der Waals surface area contributed by atoms with Crippen molar-refractivity contribution < 1.29 is 58.5 Å². The number of aliphatic hydroxyl groups is 2. The van der Waals surface area contributed by atoms with Gasteiger partial charge in [-0.2, -0.15) is 0 Å². The maximum Gasteiger partial charge on any atom is 0.410 e. The normalized spacial score (nSPS) is 33.1. The molecule has 2 aromatic carbocycles. The molecule has 8 aliphatic rings. The highest BCUT2D eigenvalue weighted by Gasteiger charge is 2.54. The summed E-state index contributed by atoms with van der Waals surface area (Å²) in [6.45, 7) is 22.9. The molecule has 75 heavy (non-hydrogen) atoms. The number of piperazine rings is 1. The molecule has 9 atom stereocenters. The van der Waals surface area contributed by atoms with Gasteiger partial charge in [0.05, 0.1) is 41.2 Å². The summed E-state index contributed by atoms with van der Waals surface area (Å²) in [5.74, 6) is -5.60. The van der Waals surface area contributed by atoms with Gasteiger partial charge in [0.25, 0.3) is 11.7 Å². The van der Waals surface area contributed by atoms with Crippen LogP contribution < -0.4 is 20.8 Å². The molecule has 5 bridgehead atoms. The molecule has 0 unspecified atom stereocenters. The van der Waals surface area contributed by atoms with Crippen LogP contribution in [0.3, 0.4) is 0 Å². The van der Waals surface area contributed by atoms with Crippen LogP contribution >= 0.6 is 0 Å². The monoisotopic (exact) mass is 1040 g/mol. The fraction of sp³-hybridized carbons (Fsp3) is 0.667. The summed E-state index contributed by atoms with van der Waals surface area (Å²) < 4.78 is 30.9. The van der Waals surface area contributed by atoms with Gasteiger partial charge >= 0.3 is 11.9 Å². The van der Waals surface area contributed by atoms with E-state index in [4.69, 9.17) is 28.7 Å². The van der Waals surface area contributed by atoms with E-state index in [0.717, 1.165) is 71.6 Å². The Hall–Kier alpha value is -5.11. The van der Waals surface area contributed by atoms with Crippen LogP contribution in [0.1, 0.15) is 110 Å². The first-order valence-corrected chi connectivity index (χ1v) is 27.3. The number of phenols is 2. The van der Waals surface area contributed by atoms with Crippen LogP contribution in [0.5, 0.6) is 17.2 Å². The van der Waals surface area contributed by atoms with Gasteiger partial charge in [-0.1, -0.05) is 59.8 Å². The predicted molar refractivity (Wildman–Crippen MR) is 281 cm³/mol. The fourth-order valence-corrected chi connectivity index (χ4v) is 12.6. The minimum Gasteiger partial charge on any atom is -0.507 e. The molecule has 4 fully saturated rings. The van der Waals surface area contributed by atoms with Gasteiger partial charge < -0.3 is 59.2 Å². The molecular formula is C57H80N6O12. The van der Waals surface area contributed by atoms with Crippen LogP contribution in [0.15, 0.2) is 46.1 Å². The van der Waals surface area contributed by atoms with E-state index in [1.807, 2.05) is 13.8 Å². The average Bonchev–Trinajstić information content (AvgIpc) is 3.98. The number of hydrogen-bond acceptors (Lipinski definition) is 16. The van der Waals surface area contributed by atoms with Crippen molar-refractivity contribution in [3.8, 4) is 17.2 Å². The Kier molecular flexibility index (Phi) is 15.6. The maximum absolute atomic E-state index is 15.0. The molecule has 2 amide bonds. The molecule has 0 aromatic heterocycles. The molecule has 18 nitrogen and oxygen atoms in total. The Labute approximate surface area is 440 Å². The van der Waals surface area contributed by atoms with Crippen molar-refractivity contribution in [1.82, 2.24) is 14.7 Å². The lowest BCUT2D eigenvalue weighted by atomic mass is 9.78. The second-order valence-electron chi connectivity index (χ2n) is 23.4. The summed E-state index contributed by atoms with van der Waals surface area (Å²) in [4.78, 5) is 59.9. The molecule has 18 heteroatoms. The average molecular weight is 1040 g/mol. The Bertz CT molecular complexity index is 2760. The summed E-state index contributed by atoms with van der Waals surface area (Å²) in [7, 11) is 1.51. The van der Waals surface area contributed by atoms with E-state index >= 15 is 4.79 Å². The number of allylic oxidation sites excluding steroid dienone is 2. The number of Topliss-reactive ketones (excluding diaryl/α,β-unsaturated/α-hetero) is 1. The maximum atomic E-state index is 15.0. The first-order chi connectivity index (χ1) is 35.6. The Balaban J connectivity index is 1.08. The topological polar surface area (TPSA) is 225 Å². The molecule has 7 heterocycles. The number of aromatic hydroxyl groups is 2. The van der Waals surface area contributed by atoms with E-state index in [0.29, 0.717) is 43.5 Å². The van der Waals surface area contributed by atoms with Gasteiger partial charge in [-0.3, -0.25) is 19.5 Å². The summed E-state index contributed by atoms with van der Waals surface area (Å²) in [5, 5.41) is 51.9. The van der Waals surface area contributed by atoms with Gasteiger partial charge in [-0.15, -0.1) is 0 Å². The number of carbonyl (C=O) groups excluding carboxylic acids is 3. The second-order valence-corrected chi connectivity index (χ2v) is 23.4. The molecule has 10 rings (SSSR count). The summed E-state index contributed by atoms with van der Waals surface area (Å²) in [6, 6.07) is 0. The van der Waals surface area contributed by atoms with Crippen LogP contribution in [0.25, 0.3) is 10.8 Å². The third-order valence-electron chi connectivity index (χ3n) is 17.6. The van der Waals surface area contributed by atoms with Crippen LogP contribution in [0, 0.1) is 42.4 Å². The Morgan fingerprint density at radius 2 is 1.61 bits per heavy atom. The number of carbonyl (C=O) groups is 3. The Morgan fingerprint density at radius 3 is 2.28 bits per heavy atom. The Morgan fingerprint density at radius 1 is 0.907 bits per heavy atom. The number of ketones is 1. The highest BCUT2D eigenvalue weighted by atomic mass is 16.7. The second kappa shape index (κ2) is 21.4. The van der Waals surface area contributed by atoms with Gasteiger partial charge in [0, 0.05) is 132 Å². The quantitative estimate of drug-likeness (QED) is 0.213. The minimum absolute atomic E-state index is 0.0579. The van der Waals surface area contributed by atoms with Crippen molar-refractivity contribution >= 4 is 34.2 Å². The zero-order valence-corrected chi connectivity index (χ0v) is 45.6. The third kappa shape index (κ3) is 10.4. The van der Waals surface area contributed by atoms with Gasteiger partial charge in [0.1, 0.15) is 34.0 Å². The molecule has 0 radical (unpaired) electrons. The van der Waals surface area contributed by atoms with E-state index in [1.165, 1.54) is 20.3 Å². The number of anilines is 1. The number of methoxy groups -OCH3 is 1. The van der Waals surface area contributed by atoms with Crippen molar-refractivity contribution in [3.05, 3.63) is 58.0 Å². The number of piperidine rings is 1. The highest BCUT2D eigenvalue weighted by Crippen LogP contribution is 2.52. The molecule has 410 valence electrons. The van der Waals surface area contributed by atoms with Crippen LogP contribution in [0.4, 0.5) is 10.5 Å².